The van der Waals surface area contributed by atoms with Gasteiger partial charge in [-0.15, -0.1) is 0 Å². The molecule has 0 aliphatic rings. The van der Waals surface area contributed by atoms with Crippen LogP contribution < -0.4 is 21.3 Å². The number of anilines is 1. The van der Waals surface area contributed by atoms with E-state index in [1.807, 2.05) is 12.3 Å². The van der Waals surface area contributed by atoms with Crippen LogP contribution in [0.5, 0.6) is 0 Å². The van der Waals surface area contributed by atoms with E-state index in [4.69, 9.17) is 11.6 Å². The van der Waals surface area contributed by atoms with Gasteiger partial charge >= 0.3 is 0 Å². The van der Waals surface area contributed by atoms with Crippen molar-refractivity contribution in [2.24, 2.45) is 11.6 Å². The molecule has 0 spiro atoms. The highest BCUT2D eigenvalue weighted by Gasteiger charge is 2.27. The zero-order chi connectivity index (χ0) is 20.0. The van der Waals surface area contributed by atoms with Gasteiger partial charge in [-0.25, -0.2) is 14.3 Å². The Morgan fingerprint density at radius 1 is 1.04 bits per heavy atom. The maximum atomic E-state index is 13.1. The summed E-state index contributed by atoms with van der Waals surface area (Å²) in [6, 6.07) is 12.9. The smallest absolute Gasteiger partial charge is 0.264 e. The van der Waals surface area contributed by atoms with E-state index in [-0.39, 0.29) is 11.3 Å². The molecule has 144 valence electrons. The molecule has 0 radical (unpaired) electrons. The van der Waals surface area contributed by atoms with Crippen LogP contribution in [0.3, 0.4) is 0 Å². The molecule has 0 aliphatic carbocycles. The fourth-order valence-electron chi connectivity index (χ4n) is 2.43. The molecule has 2 aromatic rings. The number of nitrogens with one attached hydrogen (secondary N) is 1. The Bertz CT molecular complexity index is 909. The quantitative estimate of drug-likeness (QED) is 0.344. The standard InChI is InChI=1S/C18H22N4O4S/c1-13-2-7-15(8-3-13)22(12-18(24)21-20)27(25,26)16-9-4-14(5-10-16)6-11-17(19)23/h2-5,7-10H,6,11-12,20H2,1H3,(H2,19,23)(H,21,24). The van der Waals surface area contributed by atoms with Crippen molar-refractivity contribution in [2.45, 2.75) is 24.7 Å². The molecule has 2 amide bonds. The van der Waals surface area contributed by atoms with E-state index in [1.54, 1.807) is 36.4 Å². The van der Waals surface area contributed by atoms with E-state index in [2.05, 4.69) is 0 Å². The second-order valence-electron chi connectivity index (χ2n) is 6.03. The third kappa shape index (κ3) is 5.28. The Hall–Kier alpha value is -2.91. The molecule has 8 nitrogen and oxygen atoms in total. The van der Waals surface area contributed by atoms with E-state index in [0.717, 1.165) is 15.4 Å². The van der Waals surface area contributed by atoms with Crippen molar-refractivity contribution in [1.29, 1.82) is 0 Å². The first kappa shape index (κ1) is 20.4. The van der Waals surface area contributed by atoms with Crippen LogP contribution in [-0.2, 0) is 26.0 Å². The number of amides is 2. The van der Waals surface area contributed by atoms with Gasteiger partial charge in [0.05, 0.1) is 10.6 Å². The molecule has 0 aliphatic heterocycles. The Morgan fingerprint density at radius 2 is 1.63 bits per heavy atom. The monoisotopic (exact) mass is 390 g/mol. The number of nitrogens with two attached hydrogens (primary N) is 2. The van der Waals surface area contributed by atoms with Crippen LogP contribution in [0.15, 0.2) is 53.4 Å². The largest absolute Gasteiger partial charge is 0.370 e. The van der Waals surface area contributed by atoms with Crippen molar-refractivity contribution in [3.05, 3.63) is 59.7 Å². The summed E-state index contributed by atoms with van der Waals surface area (Å²) in [4.78, 5) is 22.7. The van der Waals surface area contributed by atoms with Gasteiger partial charge in [0.15, 0.2) is 0 Å². The van der Waals surface area contributed by atoms with E-state index < -0.39 is 28.4 Å². The molecule has 5 N–H and O–H groups in total. The van der Waals surface area contributed by atoms with Crippen LogP contribution in [0.4, 0.5) is 5.69 Å². The molecule has 0 bridgehead atoms. The van der Waals surface area contributed by atoms with Crippen molar-refractivity contribution in [1.82, 2.24) is 5.43 Å². The molecule has 27 heavy (non-hydrogen) atoms. The first-order valence-electron chi connectivity index (χ1n) is 8.20. The van der Waals surface area contributed by atoms with Crippen molar-refractivity contribution in [3.63, 3.8) is 0 Å². The number of rotatable bonds is 8. The van der Waals surface area contributed by atoms with Crippen molar-refractivity contribution >= 4 is 27.5 Å². The number of benzene rings is 2. The van der Waals surface area contributed by atoms with Crippen LogP contribution in [0.25, 0.3) is 0 Å². The van der Waals surface area contributed by atoms with Gasteiger partial charge < -0.3 is 5.73 Å². The van der Waals surface area contributed by atoms with Gasteiger partial charge in [0.1, 0.15) is 6.54 Å². The predicted octanol–water partition coefficient (Wildman–Crippen LogP) is 0.598. The summed E-state index contributed by atoms with van der Waals surface area (Å²) in [6.45, 7) is 1.42. The van der Waals surface area contributed by atoms with Crippen LogP contribution in [0.1, 0.15) is 17.5 Å². The molecule has 0 saturated heterocycles. The molecular formula is C18H22N4O4S. The highest BCUT2D eigenvalue weighted by molar-refractivity contribution is 7.92. The number of carbonyl (C=O) groups is 2. The number of hydrogen-bond acceptors (Lipinski definition) is 5. The van der Waals surface area contributed by atoms with Gasteiger partial charge in [0, 0.05) is 6.42 Å². The molecule has 2 rings (SSSR count). The minimum atomic E-state index is -3.99. The van der Waals surface area contributed by atoms with E-state index in [1.165, 1.54) is 12.1 Å². The normalized spacial score (nSPS) is 11.0. The number of nitrogens with zero attached hydrogens (tertiary/aromatic N) is 1. The number of hydrazine groups is 1. The topological polar surface area (TPSA) is 136 Å². The minimum Gasteiger partial charge on any atom is -0.370 e. The summed E-state index contributed by atoms with van der Waals surface area (Å²) < 4.78 is 27.1. The second kappa shape index (κ2) is 8.65. The van der Waals surface area contributed by atoms with Crippen LogP contribution >= 0.6 is 0 Å². The third-order valence-electron chi connectivity index (χ3n) is 3.94. The summed E-state index contributed by atoms with van der Waals surface area (Å²) >= 11 is 0. The fraction of sp³-hybridized carbons (Fsp3) is 0.222. The van der Waals surface area contributed by atoms with Gasteiger partial charge in [0.2, 0.25) is 5.91 Å². The van der Waals surface area contributed by atoms with Gasteiger partial charge in [-0.2, -0.15) is 0 Å². The zero-order valence-electron chi connectivity index (χ0n) is 14.9. The average Bonchev–Trinajstić information content (AvgIpc) is 2.65. The Labute approximate surface area is 158 Å². The molecule has 0 saturated carbocycles. The molecule has 0 fully saturated rings. The lowest BCUT2D eigenvalue weighted by molar-refractivity contribution is -0.120. The number of sulfonamides is 1. The highest BCUT2D eigenvalue weighted by Crippen LogP contribution is 2.24. The molecule has 0 heterocycles. The first-order valence-corrected chi connectivity index (χ1v) is 9.64. The van der Waals surface area contributed by atoms with Crippen LogP contribution in [0.2, 0.25) is 0 Å². The van der Waals surface area contributed by atoms with Gasteiger partial charge in [-0.1, -0.05) is 29.8 Å². The maximum absolute atomic E-state index is 13.1. The van der Waals surface area contributed by atoms with Gasteiger partial charge in [-0.3, -0.25) is 19.3 Å². The predicted molar refractivity (Wildman–Crippen MR) is 102 cm³/mol. The van der Waals surface area contributed by atoms with E-state index in [0.29, 0.717) is 12.1 Å². The number of carbonyl (C=O) groups excluding carboxylic acids is 2. The lowest BCUT2D eigenvalue weighted by Crippen LogP contribution is -2.43. The van der Waals surface area contributed by atoms with Crippen molar-refractivity contribution in [3.8, 4) is 0 Å². The van der Waals surface area contributed by atoms with E-state index >= 15 is 0 Å². The van der Waals surface area contributed by atoms with Gasteiger partial charge in [-0.05, 0) is 43.2 Å². The lowest BCUT2D eigenvalue weighted by Gasteiger charge is -2.24. The summed E-state index contributed by atoms with van der Waals surface area (Å²) in [7, 11) is -3.99. The summed E-state index contributed by atoms with van der Waals surface area (Å²) in [5.74, 6) is 4.06. The fourth-order valence-corrected chi connectivity index (χ4v) is 3.85. The SMILES string of the molecule is Cc1ccc(N(CC(=O)NN)S(=O)(=O)c2ccc(CCC(N)=O)cc2)cc1. The van der Waals surface area contributed by atoms with Crippen molar-refractivity contribution in [2.75, 3.05) is 10.8 Å². The van der Waals surface area contributed by atoms with Crippen molar-refractivity contribution < 1.29 is 18.0 Å². The summed E-state index contributed by atoms with van der Waals surface area (Å²) in [6.07, 6.45) is 0.602. The number of hydrogen-bond donors (Lipinski definition) is 3. The maximum Gasteiger partial charge on any atom is 0.264 e. The molecule has 9 heteroatoms. The summed E-state index contributed by atoms with van der Waals surface area (Å²) in [5, 5.41) is 0. The molecule has 0 unspecified atom stereocenters. The third-order valence-corrected chi connectivity index (χ3v) is 5.73. The zero-order valence-corrected chi connectivity index (χ0v) is 15.7. The van der Waals surface area contributed by atoms with Gasteiger partial charge in [0.25, 0.3) is 15.9 Å². The number of aryl methyl sites for hydroxylation is 2. The highest BCUT2D eigenvalue weighted by atomic mass is 32.2. The molecule has 0 atom stereocenters. The minimum absolute atomic E-state index is 0.0238. The van der Waals surface area contributed by atoms with Crippen LogP contribution in [-0.4, -0.2) is 26.8 Å². The van der Waals surface area contributed by atoms with E-state index in [9.17, 15) is 18.0 Å². The second-order valence-corrected chi connectivity index (χ2v) is 7.89. The lowest BCUT2D eigenvalue weighted by atomic mass is 10.1. The number of primary amides is 1. The molecular weight excluding hydrogens is 368 g/mol. The Morgan fingerprint density at radius 3 is 2.15 bits per heavy atom. The summed E-state index contributed by atoms with van der Waals surface area (Å²) in [5.41, 5.74) is 9.16. The Kier molecular flexibility index (Phi) is 6.54. The first-order chi connectivity index (χ1) is 12.7. The van der Waals surface area contributed by atoms with Crippen LogP contribution in [0, 0.1) is 6.92 Å². The molecule has 2 aromatic carbocycles. The average molecular weight is 390 g/mol. The molecule has 0 aromatic heterocycles. The Balaban J connectivity index is 2.36.